The van der Waals surface area contributed by atoms with Gasteiger partial charge in [-0.05, 0) is 23.8 Å². The molecule has 1 aliphatic heterocycles. The Labute approximate surface area is 164 Å². The summed E-state index contributed by atoms with van der Waals surface area (Å²) in [6.07, 6.45) is 1.77. The first-order valence-electron chi connectivity index (χ1n) is 8.97. The number of piperazine rings is 1. The maximum Gasteiger partial charge on any atom is 0.242 e. The van der Waals surface area contributed by atoms with Crippen LogP contribution in [0.3, 0.4) is 0 Å². The Morgan fingerprint density at radius 1 is 1.07 bits per heavy atom. The van der Waals surface area contributed by atoms with Crippen molar-refractivity contribution in [2.45, 2.75) is 13.5 Å². The standard InChI is InChI=1S/C20H23ClN4O2/c1-16(26)25(14-17-6-2-3-7-18(17)21)15-20(27)24-12-10-23(11-13-24)19-8-4-5-9-22-19/h2-9H,10-15H2,1H3. The zero-order valence-electron chi connectivity index (χ0n) is 15.3. The summed E-state index contributed by atoms with van der Waals surface area (Å²) in [4.78, 5) is 34.6. The molecule has 142 valence electrons. The SMILES string of the molecule is CC(=O)N(CC(=O)N1CCN(c2ccccn2)CC1)Cc1ccccc1Cl. The molecule has 0 spiro atoms. The van der Waals surface area contributed by atoms with E-state index >= 15 is 0 Å². The largest absolute Gasteiger partial charge is 0.353 e. The summed E-state index contributed by atoms with van der Waals surface area (Å²) in [7, 11) is 0. The second-order valence-corrected chi connectivity index (χ2v) is 6.93. The summed E-state index contributed by atoms with van der Waals surface area (Å²) in [6, 6.07) is 13.2. The molecule has 1 aromatic heterocycles. The summed E-state index contributed by atoms with van der Waals surface area (Å²) < 4.78 is 0. The molecular weight excluding hydrogens is 364 g/mol. The number of amides is 2. The molecule has 1 aromatic carbocycles. The summed E-state index contributed by atoms with van der Waals surface area (Å²) in [5, 5.41) is 0.597. The lowest BCUT2D eigenvalue weighted by molar-refractivity contribution is -0.140. The molecule has 6 nitrogen and oxygen atoms in total. The van der Waals surface area contributed by atoms with Gasteiger partial charge in [-0.3, -0.25) is 9.59 Å². The number of hydrogen-bond acceptors (Lipinski definition) is 4. The van der Waals surface area contributed by atoms with Gasteiger partial charge >= 0.3 is 0 Å². The smallest absolute Gasteiger partial charge is 0.242 e. The van der Waals surface area contributed by atoms with Gasteiger partial charge in [0, 0.05) is 50.9 Å². The van der Waals surface area contributed by atoms with Gasteiger partial charge in [-0.15, -0.1) is 0 Å². The second kappa shape index (κ2) is 8.86. The van der Waals surface area contributed by atoms with Crippen molar-refractivity contribution in [3.63, 3.8) is 0 Å². The van der Waals surface area contributed by atoms with E-state index in [1.54, 1.807) is 12.3 Å². The lowest BCUT2D eigenvalue weighted by atomic mass is 10.2. The van der Waals surface area contributed by atoms with E-state index in [1.165, 1.54) is 11.8 Å². The number of nitrogens with zero attached hydrogens (tertiary/aromatic N) is 4. The van der Waals surface area contributed by atoms with Crippen LogP contribution in [0.5, 0.6) is 0 Å². The molecule has 27 heavy (non-hydrogen) atoms. The van der Waals surface area contributed by atoms with E-state index < -0.39 is 0 Å². The van der Waals surface area contributed by atoms with E-state index in [0.29, 0.717) is 24.7 Å². The van der Waals surface area contributed by atoms with Crippen LogP contribution < -0.4 is 4.90 Å². The van der Waals surface area contributed by atoms with Crippen LogP contribution in [0.1, 0.15) is 12.5 Å². The van der Waals surface area contributed by atoms with Crippen LogP contribution in [-0.2, 0) is 16.1 Å². The van der Waals surface area contributed by atoms with Gasteiger partial charge in [-0.25, -0.2) is 4.98 Å². The highest BCUT2D eigenvalue weighted by Gasteiger charge is 2.24. The Morgan fingerprint density at radius 2 is 1.78 bits per heavy atom. The highest BCUT2D eigenvalue weighted by atomic mass is 35.5. The molecule has 1 saturated heterocycles. The van der Waals surface area contributed by atoms with E-state index in [9.17, 15) is 9.59 Å². The lowest BCUT2D eigenvalue weighted by Gasteiger charge is -2.36. The number of benzene rings is 1. The summed E-state index contributed by atoms with van der Waals surface area (Å²) in [6.45, 7) is 4.56. The highest BCUT2D eigenvalue weighted by Crippen LogP contribution is 2.18. The van der Waals surface area contributed by atoms with Crippen LogP contribution >= 0.6 is 11.6 Å². The zero-order valence-corrected chi connectivity index (χ0v) is 16.1. The van der Waals surface area contributed by atoms with Crippen LogP contribution in [0.4, 0.5) is 5.82 Å². The van der Waals surface area contributed by atoms with Crippen LogP contribution in [0.15, 0.2) is 48.7 Å². The van der Waals surface area contributed by atoms with Gasteiger partial charge in [0.05, 0.1) is 0 Å². The zero-order chi connectivity index (χ0) is 19.2. The summed E-state index contributed by atoms with van der Waals surface area (Å²) in [5.74, 6) is 0.738. The quantitative estimate of drug-likeness (QED) is 0.792. The van der Waals surface area contributed by atoms with Gasteiger partial charge in [0.25, 0.3) is 0 Å². The maximum absolute atomic E-state index is 12.7. The van der Waals surface area contributed by atoms with Crippen molar-refractivity contribution in [3.8, 4) is 0 Å². The Balaban J connectivity index is 1.57. The first-order valence-corrected chi connectivity index (χ1v) is 9.35. The fraction of sp³-hybridized carbons (Fsp3) is 0.350. The number of carbonyl (C=O) groups excluding carboxylic acids is 2. The van der Waals surface area contributed by atoms with E-state index in [0.717, 1.165) is 24.5 Å². The number of rotatable bonds is 5. The van der Waals surface area contributed by atoms with E-state index in [4.69, 9.17) is 11.6 Å². The third kappa shape index (κ3) is 4.98. The minimum absolute atomic E-state index is 0.0436. The Hall–Kier alpha value is -2.60. The number of anilines is 1. The van der Waals surface area contributed by atoms with Crippen LogP contribution in [0.2, 0.25) is 5.02 Å². The Morgan fingerprint density at radius 3 is 2.41 bits per heavy atom. The van der Waals surface area contributed by atoms with E-state index in [2.05, 4.69) is 9.88 Å². The highest BCUT2D eigenvalue weighted by molar-refractivity contribution is 6.31. The molecule has 7 heteroatoms. The monoisotopic (exact) mass is 386 g/mol. The van der Waals surface area contributed by atoms with Crippen LogP contribution in [-0.4, -0.2) is 59.3 Å². The molecule has 0 unspecified atom stereocenters. The number of pyridine rings is 1. The van der Waals surface area contributed by atoms with Crippen molar-refractivity contribution in [2.75, 3.05) is 37.6 Å². The van der Waals surface area contributed by atoms with Crippen molar-refractivity contribution in [3.05, 3.63) is 59.2 Å². The molecule has 0 saturated carbocycles. The van der Waals surface area contributed by atoms with Gasteiger partial charge in [-0.1, -0.05) is 35.9 Å². The van der Waals surface area contributed by atoms with Crippen molar-refractivity contribution >= 4 is 29.2 Å². The number of hydrogen-bond donors (Lipinski definition) is 0. The molecule has 0 aliphatic carbocycles. The second-order valence-electron chi connectivity index (χ2n) is 6.52. The van der Waals surface area contributed by atoms with Crippen LogP contribution in [0.25, 0.3) is 0 Å². The number of aromatic nitrogens is 1. The first-order chi connectivity index (χ1) is 13.0. The van der Waals surface area contributed by atoms with Crippen LogP contribution in [0, 0.1) is 0 Å². The molecule has 0 N–H and O–H groups in total. The average molecular weight is 387 g/mol. The number of halogens is 1. The minimum Gasteiger partial charge on any atom is -0.353 e. The van der Waals surface area contributed by atoms with Crippen molar-refractivity contribution in [1.29, 1.82) is 0 Å². The number of carbonyl (C=O) groups is 2. The first kappa shape index (κ1) is 19.2. The fourth-order valence-electron chi connectivity index (χ4n) is 3.10. The molecule has 3 rings (SSSR count). The van der Waals surface area contributed by atoms with Crippen molar-refractivity contribution in [1.82, 2.24) is 14.8 Å². The van der Waals surface area contributed by atoms with Gasteiger partial charge < -0.3 is 14.7 Å². The molecule has 2 amide bonds. The third-order valence-electron chi connectivity index (χ3n) is 4.70. The topological polar surface area (TPSA) is 56.8 Å². The summed E-state index contributed by atoms with van der Waals surface area (Å²) >= 11 is 6.19. The fourth-order valence-corrected chi connectivity index (χ4v) is 3.30. The predicted octanol–water partition coefficient (Wildman–Crippen LogP) is 2.43. The molecule has 1 fully saturated rings. The van der Waals surface area contributed by atoms with Crippen molar-refractivity contribution in [2.24, 2.45) is 0 Å². The van der Waals surface area contributed by atoms with Gasteiger partial charge in [0.15, 0.2) is 0 Å². The minimum atomic E-state index is -0.143. The maximum atomic E-state index is 12.7. The molecule has 0 bridgehead atoms. The molecule has 1 aliphatic rings. The Bertz CT molecular complexity index is 792. The molecule has 0 radical (unpaired) electrons. The molecule has 2 heterocycles. The van der Waals surface area contributed by atoms with Gasteiger partial charge in [0.1, 0.15) is 12.4 Å². The van der Waals surface area contributed by atoms with Gasteiger partial charge in [0.2, 0.25) is 11.8 Å². The molecule has 2 aromatic rings. The van der Waals surface area contributed by atoms with E-state index in [1.807, 2.05) is 41.3 Å². The Kier molecular flexibility index (Phi) is 6.29. The molecular formula is C20H23ClN4O2. The average Bonchev–Trinajstić information content (AvgIpc) is 2.69. The van der Waals surface area contributed by atoms with E-state index in [-0.39, 0.29) is 18.4 Å². The molecule has 0 atom stereocenters. The lowest BCUT2D eigenvalue weighted by Crippen LogP contribution is -2.51. The normalized spacial score (nSPS) is 14.1. The van der Waals surface area contributed by atoms with Gasteiger partial charge in [-0.2, -0.15) is 0 Å². The third-order valence-corrected chi connectivity index (χ3v) is 5.06. The predicted molar refractivity (Wildman–Crippen MR) is 106 cm³/mol. The summed E-state index contributed by atoms with van der Waals surface area (Å²) in [5.41, 5.74) is 0.835. The van der Waals surface area contributed by atoms with Crippen molar-refractivity contribution < 1.29 is 9.59 Å².